The van der Waals surface area contributed by atoms with Gasteiger partial charge in [0.15, 0.2) is 0 Å². The lowest BCUT2D eigenvalue weighted by molar-refractivity contribution is 0.735. The molecule has 0 radical (unpaired) electrons. The van der Waals surface area contributed by atoms with E-state index in [0.717, 1.165) is 0 Å². The van der Waals surface area contributed by atoms with Gasteiger partial charge in [-0.2, -0.15) is 0 Å². The van der Waals surface area contributed by atoms with Crippen molar-refractivity contribution >= 4 is 5.57 Å². The summed E-state index contributed by atoms with van der Waals surface area (Å²) in [6, 6.07) is 4.76. The number of hydrogen-bond donors (Lipinski definition) is 0. The Bertz CT molecular complexity index is 451. The van der Waals surface area contributed by atoms with Crippen LogP contribution in [0.3, 0.4) is 0 Å². The molecular weight excluding hydrogens is 204 g/mol. The molecule has 0 saturated heterocycles. The van der Waals surface area contributed by atoms with Crippen LogP contribution < -0.4 is 0 Å². The van der Waals surface area contributed by atoms with Crippen LogP contribution in [0.5, 0.6) is 0 Å². The molecular formula is C17H22. The van der Waals surface area contributed by atoms with Gasteiger partial charge in [-0.15, -0.1) is 0 Å². The molecule has 0 heteroatoms. The summed E-state index contributed by atoms with van der Waals surface area (Å²) in [6.07, 6.45) is 13.0. The molecule has 17 heavy (non-hydrogen) atoms. The summed E-state index contributed by atoms with van der Waals surface area (Å²) in [5.41, 5.74) is 8.25. The average Bonchev–Trinajstić information content (AvgIpc) is 2.94. The average molecular weight is 226 g/mol. The molecule has 0 amide bonds. The van der Waals surface area contributed by atoms with Crippen LogP contribution in [0.4, 0.5) is 0 Å². The zero-order valence-corrected chi connectivity index (χ0v) is 10.9. The molecule has 0 nitrogen and oxygen atoms in total. The minimum Gasteiger partial charge on any atom is -0.0763 e. The first-order valence-electron chi connectivity index (χ1n) is 7.23. The smallest absolute Gasteiger partial charge is 0.00853 e. The summed E-state index contributed by atoms with van der Waals surface area (Å²) >= 11 is 0. The summed E-state index contributed by atoms with van der Waals surface area (Å²) < 4.78 is 0. The van der Waals surface area contributed by atoms with Gasteiger partial charge in [0.25, 0.3) is 0 Å². The molecule has 0 spiro atoms. The van der Waals surface area contributed by atoms with Crippen molar-refractivity contribution in [1.29, 1.82) is 0 Å². The van der Waals surface area contributed by atoms with Crippen molar-refractivity contribution in [2.75, 3.05) is 0 Å². The predicted octanol–water partition coefficient (Wildman–Crippen LogP) is 4.70. The highest BCUT2D eigenvalue weighted by Gasteiger charge is 2.22. The van der Waals surface area contributed by atoms with E-state index >= 15 is 0 Å². The van der Waals surface area contributed by atoms with Gasteiger partial charge in [-0.1, -0.05) is 38.0 Å². The molecule has 0 saturated carbocycles. The molecule has 0 aliphatic heterocycles. The van der Waals surface area contributed by atoms with Crippen molar-refractivity contribution in [2.45, 2.75) is 58.3 Å². The minimum absolute atomic E-state index is 1.18. The second-order valence-electron chi connectivity index (χ2n) is 5.48. The van der Waals surface area contributed by atoms with Crippen molar-refractivity contribution in [3.8, 4) is 0 Å². The number of rotatable bonds is 4. The Morgan fingerprint density at radius 2 is 1.94 bits per heavy atom. The third kappa shape index (κ3) is 1.94. The second kappa shape index (κ2) is 4.68. The van der Waals surface area contributed by atoms with E-state index in [4.69, 9.17) is 0 Å². The Morgan fingerprint density at radius 3 is 2.82 bits per heavy atom. The number of allylic oxidation sites excluding steroid dienone is 2. The van der Waals surface area contributed by atoms with E-state index in [1.807, 2.05) is 0 Å². The van der Waals surface area contributed by atoms with Crippen LogP contribution in [0.1, 0.15) is 61.3 Å². The van der Waals surface area contributed by atoms with Crippen LogP contribution in [-0.2, 0) is 19.3 Å². The molecule has 0 heterocycles. The van der Waals surface area contributed by atoms with Crippen LogP contribution in [0.25, 0.3) is 5.57 Å². The van der Waals surface area contributed by atoms with Crippen LogP contribution in [0.15, 0.2) is 18.2 Å². The highest BCUT2D eigenvalue weighted by atomic mass is 14.3. The van der Waals surface area contributed by atoms with Gasteiger partial charge in [0.1, 0.15) is 0 Å². The molecule has 2 aliphatic rings. The molecule has 0 bridgehead atoms. The Kier molecular flexibility index (Phi) is 3.05. The number of fused-ring (bicyclic) bond motifs is 3. The van der Waals surface area contributed by atoms with Gasteiger partial charge in [-0.25, -0.2) is 0 Å². The number of hydrogen-bond acceptors (Lipinski definition) is 0. The standard InChI is InChI=1S/C17H22/c1-2-3-4-6-14-11-12-15-10-9-13-7-5-8-16(13)17(14)15/h9-11H,2-8,12H2,1H3. The topological polar surface area (TPSA) is 0 Å². The first-order chi connectivity index (χ1) is 8.40. The largest absolute Gasteiger partial charge is 0.0763 e. The van der Waals surface area contributed by atoms with E-state index in [0.29, 0.717) is 0 Å². The zero-order chi connectivity index (χ0) is 11.7. The fraction of sp³-hybridized carbons (Fsp3) is 0.529. The molecule has 2 aliphatic carbocycles. The molecule has 1 aromatic rings. The highest BCUT2D eigenvalue weighted by molar-refractivity contribution is 5.76. The number of benzene rings is 1. The van der Waals surface area contributed by atoms with Crippen LogP contribution >= 0.6 is 0 Å². The lowest BCUT2D eigenvalue weighted by Crippen LogP contribution is -1.94. The van der Waals surface area contributed by atoms with Gasteiger partial charge in [-0.05, 0) is 66.4 Å². The van der Waals surface area contributed by atoms with Gasteiger partial charge in [0.2, 0.25) is 0 Å². The number of aryl methyl sites for hydroxylation is 1. The lowest BCUT2D eigenvalue weighted by atomic mass is 9.93. The van der Waals surface area contributed by atoms with Gasteiger partial charge in [0.05, 0.1) is 0 Å². The summed E-state index contributed by atoms with van der Waals surface area (Å²) in [5, 5.41) is 0. The van der Waals surface area contributed by atoms with Gasteiger partial charge < -0.3 is 0 Å². The van der Waals surface area contributed by atoms with Crippen molar-refractivity contribution in [3.05, 3.63) is 40.5 Å². The van der Waals surface area contributed by atoms with E-state index in [9.17, 15) is 0 Å². The summed E-state index contributed by atoms with van der Waals surface area (Å²) in [4.78, 5) is 0. The lowest BCUT2D eigenvalue weighted by Gasteiger charge is -2.11. The maximum atomic E-state index is 2.49. The maximum Gasteiger partial charge on any atom is -0.00853 e. The fourth-order valence-electron chi connectivity index (χ4n) is 3.41. The normalized spacial score (nSPS) is 16.9. The first-order valence-corrected chi connectivity index (χ1v) is 7.23. The van der Waals surface area contributed by atoms with E-state index < -0.39 is 0 Å². The van der Waals surface area contributed by atoms with Gasteiger partial charge in [0, 0.05) is 0 Å². The zero-order valence-electron chi connectivity index (χ0n) is 10.9. The van der Waals surface area contributed by atoms with E-state index in [-0.39, 0.29) is 0 Å². The summed E-state index contributed by atoms with van der Waals surface area (Å²) in [7, 11) is 0. The fourth-order valence-corrected chi connectivity index (χ4v) is 3.41. The third-order valence-corrected chi connectivity index (χ3v) is 4.31. The van der Waals surface area contributed by atoms with Gasteiger partial charge >= 0.3 is 0 Å². The molecule has 0 fully saturated rings. The molecule has 90 valence electrons. The molecule has 0 aromatic heterocycles. The number of unbranched alkanes of at least 4 members (excludes halogenated alkanes) is 2. The van der Waals surface area contributed by atoms with Crippen LogP contribution in [0.2, 0.25) is 0 Å². The van der Waals surface area contributed by atoms with Crippen LogP contribution in [0, 0.1) is 0 Å². The SMILES string of the molecule is CCCCCC1=CCc2ccc3c(c21)CCC3. The third-order valence-electron chi connectivity index (χ3n) is 4.31. The van der Waals surface area contributed by atoms with Crippen molar-refractivity contribution in [1.82, 2.24) is 0 Å². The summed E-state index contributed by atoms with van der Waals surface area (Å²) in [6.45, 7) is 2.29. The molecule has 0 N–H and O–H groups in total. The highest BCUT2D eigenvalue weighted by Crippen LogP contribution is 2.38. The van der Waals surface area contributed by atoms with E-state index in [1.165, 1.54) is 51.4 Å². The molecule has 0 unspecified atom stereocenters. The Morgan fingerprint density at radius 1 is 1.06 bits per heavy atom. The van der Waals surface area contributed by atoms with E-state index in [1.54, 1.807) is 27.8 Å². The van der Waals surface area contributed by atoms with Crippen molar-refractivity contribution in [2.24, 2.45) is 0 Å². The van der Waals surface area contributed by atoms with Crippen molar-refractivity contribution in [3.63, 3.8) is 0 Å². The Labute approximate surface area is 105 Å². The van der Waals surface area contributed by atoms with Crippen LogP contribution in [-0.4, -0.2) is 0 Å². The molecule has 3 rings (SSSR count). The predicted molar refractivity (Wildman–Crippen MR) is 74.3 cm³/mol. The second-order valence-corrected chi connectivity index (χ2v) is 5.48. The summed E-state index contributed by atoms with van der Waals surface area (Å²) in [5.74, 6) is 0. The van der Waals surface area contributed by atoms with E-state index in [2.05, 4.69) is 25.1 Å². The molecule has 1 aromatic carbocycles. The minimum atomic E-state index is 1.18. The monoisotopic (exact) mass is 226 g/mol. The van der Waals surface area contributed by atoms with Gasteiger partial charge in [-0.3, -0.25) is 0 Å². The quantitative estimate of drug-likeness (QED) is 0.653. The van der Waals surface area contributed by atoms with Crippen molar-refractivity contribution < 1.29 is 0 Å². The Balaban J connectivity index is 1.87. The maximum absolute atomic E-state index is 2.49. The Hall–Kier alpha value is -1.04. The molecule has 0 atom stereocenters. The first kappa shape index (κ1) is 11.1.